The Balaban J connectivity index is 1.55. The highest BCUT2D eigenvalue weighted by Gasteiger charge is 2.27. The van der Waals surface area contributed by atoms with E-state index in [4.69, 9.17) is 0 Å². The number of aryl methyl sites for hydroxylation is 1. The zero-order chi connectivity index (χ0) is 20.4. The van der Waals surface area contributed by atoms with Crippen LogP contribution in [0.5, 0.6) is 0 Å². The second-order valence-electron chi connectivity index (χ2n) is 7.28. The number of benzene rings is 2. The van der Waals surface area contributed by atoms with Crippen molar-refractivity contribution in [2.45, 2.75) is 30.8 Å². The summed E-state index contributed by atoms with van der Waals surface area (Å²) in [5.41, 5.74) is 2.96. The number of hydrogen-bond acceptors (Lipinski definition) is 4. The molecular formula is C22H23FN2O2S2. The zero-order valence-electron chi connectivity index (χ0n) is 16.1. The molecule has 3 aromatic rings. The lowest BCUT2D eigenvalue weighted by Crippen LogP contribution is -2.40. The van der Waals surface area contributed by atoms with Gasteiger partial charge in [-0.25, -0.2) is 17.5 Å². The van der Waals surface area contributed by atoms with Gasteiger partial charge in [0, 0.05) is 24.5 Å². The highest BCUT2D eigenvalue weighted by molar-refractivity contribution is 7.89. The van der Waals surface area contributed by atoms with Crippen LogP contribution in [0.25, 0.3) is 0 Å². The predicted molar refractivity (Wildman–Crippen MR) is 114 cm³/mol. The Bertz CT molecular complexity index is 1100. The van der Waals surface area contributed by atoms with E-state index in [0.29, 0.717) is 5.56 Å². The van der Waals surface area contributed by atoms with Crippen LogP contribution in [0.1, 0.15) is 27.6 Å². The predicted octanol–water partition coefficient (Wildman–Crippen LogP) is 4.27. The van der Waals surface area contributed by atoms with Crippen LogP contribution >= 0.6 is 11.3 Å². The van der Waals surface area contributed by atoms with E-state index in [1.165, 1.54) is 29.3 Å². The van der Waals surface area contributed by atoms with E-state index in [1.54, 1.807) is 18.3 Å². The first-order valence-electron chi connectivity index (χ1n) is 9.54. The minimum Gasteiger partial charge on any atom is -0.290 e. The molecule has 1 N–H and O–H groups in total. The van der Waals surface area contributed by atoms with Crippen molar-refractivity contribution in [2.24, 2.45) is 0 Å². The fraction of sp³-hybridized carbons (Fsp3) is 0.273. The summed E-state index contributed by atoms with van der Waals surface area (Å²) in [4.78, 5) is 3.54. The maximum atomic E-state index is 13.5. The van der Waals surface area contributed by atoms with Crippen molar-refractivity contribution in [3.8, 4) is 0 Å². The molecule has 1 atom stereocenters. The van der Waals surface area contributed by atoms with E-state index < -0.39 is 15.8 Å². The molecule has 1 aliphatic heterocycles. The molecule has 4 rings (SSSR count). The van der Waals surface area contributed by atoms with Gasteiger partial charge in [-0.1, -0.05) is 30.3 Å². The number of halogens is 1. The molecule has 7 heteroatoms. The maximum Gasteiger partial charge on any atom is 0.240 e. The maximum absolute atomic E-state index is 13.5. The summed E-state index contributed by atoms with van der Waals surface area (Å²) in [6.07, 6.45) is 0.946. The highest BCUT2D eigenvalue weighted by Crippen LogP contribution is 2.30. The zero-order valence-corrected chi connectivity index (χ0v) is 17.8. The van der Waals surface area contributed by atoms with Crippen molar-refractivity contribution >= 4 is 21.4 Å². The van der Waals surface area contributed by atoms with Crippen LogP contribution in [0.4, 0.5) is 4.39 Å². The Labute approximate surface area is 175 Å². The number of sulfonamides is 1. The van der Waals surface area contributed by atoms with Crippen LogP contribution in [-0.4, -0.2) is 26.4 Å². The van der Waals surface area contributed by atoms with Crippen LogP contribution in [0.15, 0.2) is 64.9 Å². The number of nitrogens with one attached hydrogen (secondary N) is 1. The number of nitrogens with zero attached hydrogens (tertiary/aromatic N) is 1. The lowest BCUT2D eigenvalue weighted by molar-refractivity contribution is 0.183. The molecule has 2 heterocycles. The molecule has 4 nitrogen and oxygen atoms in total. The summed E-state index contributed by atoms with van der Waals surface area (Å²) in [7, 11) is -3.72. The van der Waals surface area contributed by atoms with Gasteiger partial charge in [0.2, 0.25) is 10.0 Å². The van der Waals surface area contributed by atoms with Gasteiger partial charge in [0.15, 0.2) is 0 Å². The molecule has 0 bridgehead atoms. The molecular weight excluding hydrogens is 407 g/mol. The van der Waals surface area contributed by atoms with Gasteiger partial charge in [-0.3, -0.25) is 4.90 Å². The van der Waals surface area contributed by atoms with Gasteiger partial charge in [0.05, 0.1) is 10.9 Å². The Morgan fingerprint density at radius 2 is 1.93 bits per heavy atom. The average Bonchev–Trinajstić information content (AvgIpc) is 3.24. The van der Waals surface area contributed by atoms with Crippen LogP contribution in [0.3, 0.4) is 0 Å². The molecule has 1 aliphatic rings. The van der Waals surface area contributed by atoms with E-state index in [0.717, 1.165) is 24.4 Å². The SMILES string of the molecule is Cc1cc(S(=O)(=O)NC[C@@H](c2cccs2)N2CCc3ccccc3C2)ccc1F. The van der Waals surface area contributed by atoms with Gasteiger partial charge in [-0.05, 0) is 59.7 Å². The van der Waals surface area contributed by atoms with E-state index in [1.807, 2.05) is 23.6 Å². The van der Waals surface area contributed by atoms with Gasteiger partial charge in [-0.15, -0.1) is 11.3 Å². The van der Waals surface area contributed by atoms with Crippen LogP contribution in [0, 0.1) is 12.7 Å². The number of rotatable bonds is 6. The molecule has 1 aromatic heterocycles. The number of hydrogen-bond donors (Lipinski definition) is 1. The largest absolute Gasteiger partial charge is 0.290 e. The Morgan fingerprint density at radius 1 is 1.14 bits per heavy atom. The summed E-state index contributed by atoms with van der Waals surface area (Å²) < 4.78 is 41.9. The normalized spacial score (nSPS) is 15.8. The van der Waals surface area contributed by atoms with Crippen molar-refractivity contribution in [3.05, 3.63) is 87.4 Å². The standard InChI is InChI=1S/C22H23FN2O2S2/c1-16-13-19(8-9-20(16)23)29(26,27)24-14-21(22-7-4-12-28-22)25-11-10-17-5-2-3-6-18(17)15-25/h2-9,12-13,21,24H,10-11,14-15H2,1H3/t21-/m0/s1. The van der Waals surface area contributed by atoms with Gasteiger partial charge < -0.3 is 0 Å². The molecule has 0 spiro atoms. The molecule has 0 radical (unpaired) electrons. The second-order valence-corrected chi connectivity index (χ2v) is 10.0. The molecule has 0 saturated carbocycles. The van der Waals surface area contributed by atoms with Crippen molar-refractivity contribution in [1.82, 2.24) is 9.62 Å². The van der Waals surface area contributed by atoms with E-state index in [2.05, 4.69) is 27.8 Å². The quantitative estimate of drug-likeness (QED) is 0.635. The molecule has 0 unspecified atom stereocenters. The van der Waals surface area contributed by atoms with Crippen molar-refractivity contribution in [3.63, 3.8) is 0 Å². The van der Waals surface area contributed by atoms with Gasteiger partial charge in [0.25, 0.3) is 0 Å². The molecule has 0 amide bonds. The Kier molecular flexibility index (Phi) is 5.83. The number of fused-ring (bicyclic) bond motifs is 1. The molecule has 0 aliphatic carbocycles. The van der Waals surface area contributed by atoms with E-state index >= 15 is 0 Å². The smallest absolute Gasteiger partial charge is 0.240 e. The third kappa shape index (κ3) is 4.43. The summed E-state index contributed by atoms with van der Waals surface area (Å²) in [6.45, 7) is 3.49. The summed E-state index contributed by atoms with van der Waals surface area (Å²) in [5, 5.41) is 2.01. The first kappa shape index (κ1) is 20.2. The third-order valence-electron chi connectivity index (χ3n) is 5.38. The molecule has 152 valence electrons. The molecule has 29 heavy (non-hydrogen) atoms. The van der Waals surface area contributed by atoms with E-state index in [-0.39, 0.29) is 17.5 Å². The summed E-state index contributed by atoms with van der Waals surface area (Å²) in [5.74, 6) is -0.410. The van der Waals surface area contributed by atoms with Crippen LogP contribution < -0.4 is 4.72 Å². The first-order chi connectivity index (χ1) is 13.9. The van der Waals surface area contributed by atoms with Gasteiger partial charge in [0.1, 0.15) is 5.82 Å². The fourth-order valence-electron chi connectivity index (χ4n) is 3.73. The lowest BCUT2D eigenvalue weighted by atomic mass is 9.98. The van der Waals surface area contributed by atoms with Crippen LogP contribution in [-0.2, 0) is 23.0 Å². The summed E-state index contributed by atoms with van der Waals surface area (Å²) in [6, 6.07) is 16.3. The minimum absolute atomic E-state index is 0.0559. The van der Waals surface area contributed by atoms with E-state index in [9.17, 15) is 12.8 Å². The Morgan fingerprint density at radius 3 is 2.66 bits per heavy atom. The monoisotopic (exact) mass is 430 g/mol. The lowest BCUT2D eigenvalue weighted by Gasteiger charge is -2.35. The van der Waals surface area contributed by atoms with Crippen molar-refractivity contribution < 1.29 is 12.8 Å². The van der Waals surface area contributed by atoms with Crippen molar-refractivity contribution in [1.29, 1.82) is 0 Å². The first-order valence-corrected chi connectivity index (χ1v) is 11.9. The van der Waals surface area contributed by atoms with Gasteiger partial charge >= 0.3 is 0 Å². The Hall–Kier alpha value is -2.06. The third-order valence-corrected chi connectivity index (χ3v) is 7.77. The topological polar surface area (TPSA) is 49.4 Å². The highest BCUT2D eigenvalue weighted by atomic mass is 32.2. The average molecular weight is 431 g/mol. The molecule has 2 aromatic carbocycles. The van der Waals surface area contributed by atoms with Crippen LogP contribution in [0.2, 0.25) is 0 Å². The van der Waals surface area contributed by atoms with Gasteiger partial charge in [-0.2, -0.15) is 0 Å². The summed E-state index contributed by atoms with van der Waals surface area (Å²) >= 11 is 1.63. The minimum atomic E-state index is -3.72. The molecule has 0 fully saturated rings. The second kappa shape index (κ2) is 8.36. The fourth-order valence-corrected chi connectivity index (χ4v) is 5.71. The van der Waals surface area contributed by atoms with Crippen molar-refractivity contribution in [2.75, 3.05) is 13.1 Å². The number of thiophene rings is 1. The molecule has 0 saturated heterocycles.